The van der Waals surface area contributed by atoms with E-state index in [9.17, 15) is 20.1 Å². The molecule has 5 heteroatoms. The molecule has 0 rings (SSSR count). The van der Waals surface area contributed by atoms with E-state index in [1.807, 2.05) is 6.08 Å². The normalized spacial score (nSPS) is 13.9. The van der Waals surface area contributed by atoms with Crippen molar-refractivity contribution in [3.8, 4) is 0 Å². The summed E-state index contributed by atoms with van der Waals surface area (Å²) in [4.78, 5) is 12.5. The van der Waals surface area contributed by atoms with Gasteiger partial charge in [-0.1, -0.05) is 217 Å². The maximum Gasteiger partial charge on any atom is 0.222 e. The van der Waals surface area contributed by atoms with Crippen LogP contribution in [0.15, 0.2) is 48.6 Å². The lowest BCUT2D eigenvalue weighted by Crippen LogP contribution is -2.45. The average Bonchev–Trinajstić information content (AvgIpc) is 3.19. The zero-order chi connectivity index (χ0) is 40.8. The number of allylic oxidation sites excluding steroid dienone is 7. The average molecular weight is 786 g/mol. The zero-order valence-electron chi connectivity index (χ0n) is 37.3. The van der Waals surface area contributed by atoms with E-state index in [-0.39, 0.29) is 18.9 Å². The van der Waals surface area contributed by atoms with Crippen LogP contribution in [-0.4, -0.2) is 46.1 Å². The van der Waals surface area contributed by atoms with Crippen molar-refractivity contribution in [2.24, 2.45) is 0 Å². The molecule has 0 saturated carbocycles. The van der Waals surface area contributed by atoms with Gasteiger partial charge in [-0.05, 0) is 70.6 Å². The first kappa shape index (κ1) is 54.3. The molecule has 0 aromatic carbocycles. The molecule has 3 unspecified atom stereocenters. The Morgan fingerprint density at radius 3 is 1.14 bits per heavy atom. The number of amides is 1. The van der Waals surface area contributed by atoms with E-state index in [0.717, 1.165) is 38.5 Å². The highest BCUT2D eigenvalue weighted by Gasteiger charge is 2.20. The van der Waals surface area contributed by atoms with Crippen molar-refractivity contribution in [1.82, 2.24) is 5.32 Å². The summed E-state index contributed by atoms with van der Waals surface area (Å²) in [5.74, 6) is -0.332. The van der Waals surface area contributed by atoms with Crippen LogP contribution in [0.1, 0.15) is 245 Å². The number of aliphatic hydroxyl groups is 3. The SMILES string of the molecule is CCCCCCCCCCC/C=C/CC/C=C/CC/C=C/C(O)C(CO)NC(=O)CC(O)CCCCCCCC/C=C\CCCCCCCCCCCCCC. The van der Waals surface area contributed by atoms with Gasteiger partial charge in [-0.25, -0.2) is 0 Å². The lowest BCUT2D eigenvalue weighted by Gasteiger charge is -2.21. The largest absolute Gasteiger partial charge is 0.394 e. The van der Waals surface area contributed by atoms with E-state index in [4.69, 9.17) is 0 Å². The molecule has 1 amide bonds. The highest BCUT2D eigenvalue weighted by atomic mass is 16.3. The second kappa shape index (κ2) is 46.0. The first-order chi connectivity index (χ1) is 27.5. The number of unbranched alkanes of at least 4 members (excludes halogenated alkanes) is 29. The summed E-state index contributed by atoms with van der Waals surface area (Å²) in [5, 5.41) is 33.3. The summed E-state index contributed by atoms with van der Waals surface area (Å²) in [5.41, 5.74) is 0. The molecule has 0 fully saturated rings. The van der Waals surface area contributed by atoms with Crippen LogP contribution in [0.3, 0.4) is 0 Å². The smallest absolute Gasteiger partial charge is 0.222 e. The number of carbonyl (C=O) groups is 1. The van der Waals surface area contributed by atoms with Crippen molar-refractivity contribution in [3.05, 3.63) is 48.6 Å². The van der Waals surface area contributed by atoms with E-state index < -0.39 is 18.2 Å². The van der Waals surface area contributed by atoms with Gasteiger partial charge in [0.1, 0.15) is 0 Å². The van der Waals surface area contributed by atoms with Crippen LogP contribution >= 0.6 is 0 Å². The minimum absolute atomic E-state index is 0.00222. The first-order valence-corrected chi connectivity index (χ1v) is 24.4. The maximum absolute atomic E-state index is 12.5. The summed E-state index contributed by atoms with van der Waals surface area (Å²) in [6.45, 7) is 4.21. The lowest BCUT2D eigenvalue weighted by molar-refractivity contribution is -0.124. The van der Waals surface area contributed by atoms with Crippen LogP contribution < -0.4 is 5.32 Å². The molecule has 0 aliphatic carbocycles. The van der Waals surface area contributed by atoms with E-state index in [1.165, 1.54) is 180 Å². The predicted molar refractivity (Wildman–Crippen MR) is 245 cm³/mol. The van der Waals surface area contributed by atoms with Gasteiger partial charge in [-0.2, -0.15) is 0 Å². The molecule has 328 valence electrons. The number of carbonyl (C=O) groups excluding carboxylic acids is 1. The molecule has 0 aliphatic rings. The molecule has 56 heavy (non-hydrogen) atoms. The van der Waals surface area contributed by atoms with Gasteiger partial charge in [0.05, 0.1) is 31.3 Å². The van der Waals surface area contributed by atoms with E-state index in [1.54, 1.807) is 6.08 Å². The quantitative estimate of drug-likeness (QED) is 0.0366. The topological polar surface area (TPSA) is 89.8 Å². The summed E-state index contributed by atoms with van der Waals surface area (Å²) < 4.78 is 0. The van der Waals surface area contributed by atoms with Crippen molar-refractivity contribution in [2.45, 2.75) is 263 Å². The molecule has 0 aromatic heterocycles. The first-order valence-electron chi connectivity index (χ1n) is 24.4. The molecule has 0 heterocycles. The Bertz CT molecular complexity index is 912. The molecular formula is C51H95NO4. The van der Waals surface area contributed by atoms with Crippen molar-refractivity contribution >= 4 is 5.91 Å². The van der Waals surface area contributed by atoms with Gasteiger partial charge < -0.3 is 20.6 Å². The second-order valence-electron chi connectivity index (χ2n) is 16.7. The number of hydrogen-bond donors (Lipinski definition) is 4. The number of aliphatic hydroxyl groups excluding tert-OH is 3. The highest BCUT2D eigenvalue weighted by molar-refractivity contribution is 5.76. The third-order valence-electron chi connectivity index (χ3n) is 11.1. The van der Waals surface area contributed by atoms with Gasteiger partial charge >= 0.3 is 0 Å². The predicted octanol–water partition coefficient (Wildman–Crippen LogP) is 14.5. The molecule has 5 nitrogen and oxygen atoms in total. The van der Waals surface area contributed by atoms with Crippen LogP contribution in [0, 0.1) is 0 Å². The summed E-state index contributed by atoms with van der Waals surface area (Å²) >= 11 is 0. The van der Waals surface area contributed by atoms with Crippen LogP contribution in [0.4, 0.5) is 0 Å². The third kappa shape index (κ3) is 41.9. The molecule has 0 spiro atoms. The highest BCUT2D eigenvalue weighted by Crippen LogP contribution is 2.15. The van der Waals surface area contributed by atoms with Crippen LogP contribution in [0.25, 0.3) is 0 Å². The molecule has 0 aromatic rings. The fourth-order valence-corrected chi connectivity index (χ4v) is 7.31. The second-order valence-corrected chi connectivity index (χ2v) is 16.7. The molecule has 0 radical (unpaired) electrons. The summed E-state index contributed by atoms with van der Waals surface area (Å²) in [6, 6.07) is -0.770. The fourth-order valence-electron chi connectivity index (χ4n) is 7.31. The lowest BCUT2D eigenvalue weighted by atomic mass is 10.0. The van der Waals surface area contributed by atoms with Crippen LogP contribution in [0.2, 0.25) is 0 Å². The summed E-state index contributed by atoms with van der Waals surface area (Å²) in [7, 11) is 0. The molecule has 0 aliphatic heterocycles. The number of hydrogen-bond acceptors (Lipinski definition) is 4. The van der Waals surface area contributed by atoms with E-state index >= 15 is 0 Å². The molecule has 4 N–H and O–H groups in total. The molecule has 0 saturated heterocycles. The number of nitrogens with one attached hydrogen (secondary N) is 1. The molecule has 3 atom stereocenters. The maximum atomic E-state index is 12.5. The van der Waals surface area contributed by atoms with E-state index in [0.29, 0.717) is 6.42 Å². The number of rotatable bonds is 44. The monoisotopic (exact) mass is 786 g/mol. The van der Waals surface area contributed by atoms with Gasteiger partial charge in [-0.15, -0.1) is 0 Å². The third-order valence-corrected chi connectivity index (χ3v) is 11.1. The van der Waals surface area contributed by atoms with Gasteiger partial charge in [0, 0.05) is 0 Å². The van der Waals surface area contributed by atoms with Gasteiger partial charge in [-0.3, -0.25) is 4.79 Å². The zero-order valence-corrected chi connectivity index (χ0v) is 37.3. The minimum atomic E-state index is -0.962. The Balaban J connectivity index is 3.70. The fraction of sp³-hybridized carbons (Fsp3) is 0.824. The van der Waals surface area contributed by atoms with Gasteiger partial charge in [0.15, 0.2) is 0 Å². The standard InChI is InChI=1S/C51H95NO4/c1-3-5-7-9-11-13-15-17-19-21-23-24-25-27-28-30-32-34-36-38-40-42-44-48(54)46-51(56)52-49(47-53)50(55)45-43-41-39-37-35-33-31-29-26-22-20-18-16-14-12-10-8-6-4-2/h26-29,35,37,43,45,48-50,53-55H,3-25,30-34,36,38-42,44,46-47H2,1-2H3,(H,52,56)/b28-27-,29-26+,37-35+,45-43+. The van der Waals surface area contributed by atoms with Crippen molar-refractivity contribution in [1.29, 1.82) is 0 Å². The van der Waals surface area contributed by atoms with Crippen molar-refractivity contribution in [2.75, 3.05) is 6.61 Å². The van der Waals surface area contributed by atoms with Crippen LogP contribution in [-0.2, 0) is 4.79 Å². The Morgan fingerprint density at radius 2 is 0.768 bits per heavy atom. The Labute approximate surface area is 348 Å². The van der Waals surface area contributed by atoms with Crippen LogP contribution in [0.5, 0.6) is 0 Å². The van der Waals surface area contributed by atoms with Crippen molar-refractivity contribution < 1.29 is 20.1 Å². The Morgan fingerprint density at radius 1 is 0.446 bits per heavy atom. The van der Waals surface area contributed by atoms with E-state index in [2.05, 4.69) is 55.6 Å². The molecular weight excluding hydrogens is 691 g/mol. The van der Waals surface area contributed by atoms with Gasteiger partial charge in [0.25, 0.3) is 0 Å². The Hall–Kier alpha value is -1.69. The van der Waals surface area contributed by atoms with Gasteiger partial charge in [0.2, 0.25) is 5.91 Å². The Kier molecular flexibility index (Phi) is 44.6. The minimum Gasteiger partial charge on any atom is -0.394 e. The summed E-state index contributed by atoms with van der Waals surface area (Å²) in [6.07, 6.45) is 59.8. The molecule has 0 bridgehead atoms. The van der Waals surface area contributed by atoms with Crippen molar-refractivity contribution in [3.63, 3.8) is 0 Å².